The van der Waals surface area contributed by atoms with Gasteiger partial charge >= 0.3 is 27.6 Å². The topological polar surface area (TPSA) is 208 Å². The van der Waals surface area contributed by atoms with Crippen LogP contribution in [0, 0.1) is 0 Å². The summed E-state index contributed by atoms with van der Waals surface area (Å²) in [5.41, 5.74) is 0. The van der Waals surface area contributed by atoms with Gasteiger partial charge in [-0.05, 0) is 64.2 Å². The van der Waals surface area contributed by atoms with E-state index in [4.69, 9.17) is 28.5 Å². The molecule has 0 saturated carbocycles. The van der Waals surface area contributed by atoms with Gasteiger partial charge in [-0.15, -0.1) is 0 Å². The number of phosphoric ester groups is 2. The summed E-state index contributed by atoms with van der Waals surface area (Å²) in [6.07, 6.45) is 34.4. The highest BCUT2D eigenvalue weighted by Gasteiger charge is 2.36. The number of epoxide rings is 1. The number of aliphatic hydroxyl groups is 1. The number of hydrogen-bond acceptors (Lipinski definition) is 11. The molecule has 1 aliphatic rings. The third-order valence-corrected chi connectivity index (χ3v) is 10.9. The third kappa shape index (κ3) is 35.1. The normalized spacial score (nSPS) is 17.9. The van der Waals surface area contributed by atoms with Crippen LogP contribution in [0.15, 0.2) is 36.5 Å². The van der Waals surface area contributed by atoms with E-state index >= 15 is 0 Å². The fourth-order valence-electron chi connectivity index (χ4n) is 5.99. The fraction of sp³-hybridized carbons (Fsp3) is 0.810. The monoisotopic (exact) mass is 866 g/mol. The van der Waals surface area contributed by atoms with Crippen molar-refractivity contribution < 1.29 is 66.3 Å². The van der Waals surface area contributed by atoms with Gasteiger partial charge in [0.15, 0.2) is 6.10 Å². The van der Waals surface area contributed by atoms with E-state index in [1.54, 1.807) is 0 Å². The Labute approximate surface area is 348 Å². The number of esters is 2. The highest BCUT2D eigenvalue weighted by molar-refractivity contribution is 7.47. The molecular formula is C42H76O14P2. The number of rotatable bonds is 40. The molecule has 3 unspecified atom stereocenters. The molecule has 4 N–H and O–H groups in total. The second-order valence-corrected chi connectivity index (χ2v) is 17.7. The summed E-state index contributed by atoms with van der Waals surface area (Å²) in [5, 5.41) is 9.75. The second kappa shape index (κ2) is 35.0. The van der Waals surface area contributed by atoms with Crippen LogP contribution in [0.3, 0.4) is 0 Å². The van der Waals surface area contributed by atoms with Crippen LogP contribution < -0.4 is 0 Å². The SMILES string of the molecule is CCCCC/C=C\CC1OC1CCCCCCCC(=O)O[C@H](COC(=O)CCCCCCC/C=C\C=C/CCCCCC)COP(=O)(O)OC[C@@H](O)COP(=O)(O)O. The van der Waals surface area contributed by atoms with E-state index in [9.17, 15) is 28.7 Å². The largest absolute Gasteiger partial charge is 0.472 e. The van der Waals surface area contributed by atoms with Gasteiger partial charge in [-0.2, -0.15) is 0 Å². The lowest BCUT2D eigenvalue weighted by Gasteiger charge is -2.20. The zero-order valence-corrected chi connectivity index (χ0v) is 37.1. The zero-order valence-electron chi connectivity index (χ0n) is 35.3. The molecule has 1 saturated heterocycles. The van der Waals surface area contributed by atoms with Gasteiger partial charge in [-0.25, -0.2) is 9.13 Å². The van der Waals surface area contributed by atoms with Crippen molar-refractivity contribution in [3.05, 3.63) is 36.5 Å². The molecule has 1 heterocycles. The Kier molecular flexibility index (Phi) is 32.7. The molecule has 14 nitrogen and oxygen atoms in total. The summed E-state index contributed by atoms with van der Waals surface area (Å²) in [7, 11) is -9.69. The molecule has 58 heavy (non-hydrogen) atoms. The molecule has 0 spiro atoms. The molecule has 1 fully saturated rings. The quantitative estimate of drug-likeness (QED) is 0.0113. The van der Waals surface area contributed by atoms with E-state index in [0.717, 1.165) is 83.5 Å². The van der Waals surface area contributed by atoms with E-state index in [1.165, 1.54) is 44.9 Å². The summed E-state index contributed by atoms with van der Waals surface area (Å²) in [4.78, 5) is 52.7. The first-order chi connectivity index (χ1) is 27.8. The van der Waals surface area contributed by atoms with Crippen LogP contribution in [0.1, 0.15) is 168 Å². The average molecular weight is 867 g/mol. The van der Waals surface area contributed by atoms with Gasteiger partial charge in [0.05, 0.1) is 32.0 Å². The van der Waals surface area contributed by atoms with Gasteiger partial charge in [-0.3, -0.25) is 23.2 Å². The fourth-order valence-corrected chi connectivity index (χ4v) is 7.15. The number of allylic oxidation sites excluding steroid dienone is 5. The van der Waals surface area contributed by atoms with Crippen LogP contribution in [0.25, 0.3) is 0 Å². The minimum atomic E-state index is -4.87. The van der Waals surface area contributed by atoms with Crippen molar-refractivity contribution >= 4 is 27.6 Å². The van der Waals surface area contributed by atoms with Gasteiger partial charge in [0, 0.05) is 12.8 Å². The first-order valence-electron chi connectivity index (χ1n) is 21.8. The second-order valence-electron chi connectivity index (χ2n) is 15.0. The first kappa shape index (κ1) is 54.3. The molecule has 5 atom stereocenters. The summed E-state index contributed by atoms with van der Waals surface area (Å²) in [6.45, 7) is 1.67. The van der Waals surface area contributed by atoms with Gasteiger partial charge < -0.3 is 34.0 Å². The maximum Gasteiger partial charge on any atom is 0.472 e. The van der Waals surface area contributed by atoms with Crippen molar-refractivity contribution in [2.45, 2.75) is 192 Å². The van der Waals surface area contributed by atoms with Crippen molar-refractivity contribution in [2.75, 3.05) is 26.4 Å². The molecule has 1 rings (SSSR count). The summed E-state index contributed by atoms with van der Waals surface area (Å²) < 4.78 is 53.6. The number of hydrogen-bond donors (Lipinski definition) is 4. The molecule has 0 aromatic rings. The van der Waals surface area contributed by atoms with Crippen LogP contribution in [0.2, 0.25) is 0 Å². The Hall–Kier alpha value is -1.70. The molecule has 0 bridgehead atoms. The van der Waals surface area contributed by atoms with Gasteiger partial charge in [-0.1, -0.05) is 127 Å². The molecule has 16 heteroatoms. The Bertz CT molecular complexity index is 1240. The van der Waals surface area contributed by atoms with Gasteiger partial charge in [0.25, 0.3) is 0 Å². The maximum atomic E-state index is 12.7. The highest BCUT2D eigenvalue weighted by Crippen LogP contribution is 2.44. The van der Waals surface area contributed by atoms with Crippen LogP contribution in [0.4, 0.5) is 0 Å². The number of carbonyl (C=O) groups is 2. The Morgan fingerprint density at radius 2 is 1.12 bits per heavy atom. The Balaban J connectivity index is 2.38. The zero-order chi connectivity index (χ0) is 42.7. The highest BCUT2D eigenvalue weighted by atomic mass is 31.2. The van der Waals surface area contributed by atoms with E-state index in [1.807, 2.05) is 0 Å². The van der Waals surface area contributed by atoms with E-state index in [0.29, 0.717) is 25.0 Å². The van der Waals surface area contributed by atoms with Crippen LogP contribution in [-0.2, 0) is 46.5 Å². The smallest absolute Gasteiger partial charge is 0.462 e. The lowest BCUT2D eigenvalue weighted by atomic mass is 10.1. The van der Waals surface area contributed by atoms with Crippen molar-refractivity contribution in [2.24, 2.45) is 0 Å². The lowest BCUT2D eigenvalue weighted by Crippen LogP contribution is -2.30. The average Bonchev–Trinajstić information content (AvgIpc) is 3.94. The summed E-state index contributed by atoms with van der Waals surface area (Å²) in [5.74, 6) is -1.07. The summed E-state index contributed by atoms with van der Waals surface area (Å²) in [6, 6.07) is 0. The van der Waals surface area contributed by atoms with Gasteiger partial charge in [0.1, 0.15) is 12.7 Å². The molecule has 0 aliphatic carbocycles. The molecule has 1 aliphatic heterocycles. The van der Waals surface area contributed by atoms with Crippen LogP contribution >= 0.6 is 15.6 Å². The Morgan fingerprint density at radius 1 is 0.603 bits per heavy atom. The van der Waals surface area contributed by atoms with Crippen molar-refractivity contribution in [1.29, 1.82) is 0 Å². The maximum absolute atomic E-state index is 12.7. The van der Waals surface area contributed by atoms with Gasteiger partial charge in [0.2, 0.25) is 0 Å². The molecule has 0 aromatic carbocycles. The number of aliphatic hydroxyl groups excluding tert-OH is 1. The minimum absolute atomic E-state index is 0.105. The lowest BCUT2D eigenvalue weighted by molar-refractivity contribution is -0.161. The first-order valence-corrected chi connectivity index (χ1v) is 24.8. The molecule has 0 aromatic heterocycles. The summed E-state index contributed by atoms with van der Waals surface area (Å²) >= 11 is 0. The van der Waals surface area contributed by atoms with Crippen molar-refractivity contribution in [3.63, 3.8) is 0 Å². The Morgan fingerprint density at radius 3 is 1.78 bits per heavy atom. The van der Waals surface area contributed by atoms with E-state index < -0.39 is 66.2 Å². The standard InChI is InChI=1S/C42H76O14P2/c1-3-5-7-9-11-12-13-14-15-16-17-18-19-23-27-31-41(44)51-35-38(36-54-58(49,50)53-34-37(43)33-52-57(46,47)48)55-42(45)32-28-24-20-22-26-30-40-39(56-40)29-25-21-10-8-6-4-2/h12-15,21,25,37-40,43H,3-11,16-20,22-24,26-36H2,1-2H3,(H,49,50)(H2,46,47,48)/b13-12-,15-14-,25-21-/t37-,38+,39?,40?/m0/s1. The van der Waals surface area contributed by atoms with E-state index in [2.05, 4.69) is 59.4 Å². The number of ether oxygens (including phenoxy) is 3. The van der Waals surface area contributed by atoms with Crippen LogP contribution in [-0.4, -0.2) is 82.6 Å². The third-order valence-electron chi connectivity index (χ3n) is 9.44. The molecular weight excluding hydrogens is 790 g/mol. The number of unbranched alkanes of at least 4 members (excludes halogenated alkanes) is 16. The van der Waals surface area contributed by atoms with Crippen molar-refractivity contribution in [1.82, 2.24) is 0 Å². The molecule has 0 radical (unpaired) electrons. The predicted molar refractivity (Wildman–Crippen MR) is 225 cm³/mol. The predicted octanol–water partition coefficient (Wildman–Crippen LogP) is 9.88. The van der Waals surface area contributed by atoms with E-state index in [-0.39, 0.29) is 12.8 Å². The van der Waals surface area contributed by atoms with Crippen molar-refractivity contribution in [3.8, 4) is 0 Å². The number of carbonyl (C=O) groups excluding carboxylic acids is 2. The molecule has 0 amide bonds. The molecule has 338 valence electrons. The minimum Gasteiger partial charge on any atom is -0.462 e. The number of phosphoric acid groups is 2. The van der Waals surface area contributed by atoms with Crippen LogP contribution in [0.5, 0.6) is 0 Å².